The van der Waals surface area contributed by atoms with Crippen LogP contribution in [0.25, 0.3) is 0 Å². The Labute approximate surface area is 255 Å². The number of rotatable bonds is 3. The van der Waals surface area contributed by atoms with Gasteiger partial charge in [0.25, 0.3) is 0 Å². The number of aliphatic carboxylic acids is 1. The topological polar surface area (TPSA) is 185 Å². The van der Waals surface area contributed by atoms with Crippen molar-refractivity contribution in [2.45, 2.75) is 115 Å². The molecule has 1 aliphatic heterocycles. The summed E-state index contributed by atoms with van der Waals surface area (Å²) >= 11 is 0. The van der Waals surface area contributed by atoms with Crippen molar-refractivity contribution in [1.82, 2.24) is 0 Å². The summed E-state index contributed by atoms with van der Waals surface area (Å²) in [5, 5.41) is 72.2. The highest BCUT2D eigenvalue weighted by atomic mass is 16.5. The zero-order valence-electron chi connectivity index (χ0n) is 25.6. The maximum Gasteiger partial charge on any atom is 0.312 e. The number of hydrogen-bond donors (Lipinski definition) is 7. The van der Waals surface area contributed by atoms with Crippen LogP contribution in [-0.4, -0.2) is 90.4 Å². The molecule has 0 saturated carbocycles. The van der Waals surface area contributed by atoms with Crippen molar-refractivity contribution in [1.29, 1.82) is 0 Å². The molecule has 0 bridgehead atoms. The number of allylic oxidation sites excluding steroid dienone is 8. The van der Waals surface area contributed by atoms with Crippen LogP contribution < -0.4 is 0 Å². The second-order valence-corrected chi connectivity index (χ2v) is 11.3. The minimum atomic E-state index is -1.54. The molecular weight excluding hydrogens is 556 g/mol. The van der Waals surface area contributed by atoms with E-state index in [9.17, 15) is 45.3 Å². The third-order valence-corrected chi connectivity index (χ3v) is 7.68. The van der Waals surface area contributed by atoms with Gasteiger partial charge in [0.2, 0.25) is 0 Å². The number of aliphatic hydroxyl groups is 6. The molecule has 43 heavy (non-hydrogen) atoms. The van der Waals surface area contributed by atoms with Gasteiger partial charge < -0.3 is 40.5 Å². The van der Waals surface area contributed by atoms with E-state index < -0.39 is 66.5 Å². The summed E-state index contributed by atoms with van der Waals surface area (Å²) in [4.78, 5) is 24.6. The van der Waals surface area contributed by atoms with Gasteiger partial charge >= 0.3 is 11.9 Å². The van der Waals surface area contributed by atoms with Crippen LogP contribution in [0.4, 0.5) is 0 Å². The van der Waals surface area contributed by atoms with Gasteiger partial charge in [-0.25, -0.2) is 0 Å². The lowest BCUT2D eigenvalue weighted by Gasteiger charge is -2.27. The highest BCUT2D eigenvalue weighted by Crippen LogP contribution is 2.23. The van der Waals surface area contributed by atoms with E-state index in [0.717, 1.165) is 0 Å². The van der Waals surface area contributed by atoms with Gasteiger partial charge in [0.05, 0.1) is 42.5 Å². The Hall–Kier alpha value is -2.60. The smallest absolute Gasteiger partial charge is 0.312 e. The van der Waals surface area contributed by atoms with Crippen LogP contribution >= 0.6 is 0 Å². The molecule has 0 amide bonds. The van der Waals surface area contributed by atoms with Crippen LogP contribution in [-0.2, 0) is 14.3 Å². The maximum atomic E-state index is 12.9. The molecule has 1 rings (SSSR count). The Morgan fingerprint density at radius 2 is 1.26 bits per heavy atom. The highest BCUT2D eigenvalue weighted by Gasteiger charge is 2.34. The van der Waals surface area contributed by atoms with E-state index in [4.69, 9.17) is 4.74 Å². The van der Waals surface area contributed by atoms with Crippen molar-refractivity contribution in [2.24, 2.45) is 17.8 Å². The molecule has 0 aliphatic carbocycles. The molecule has 10 nitrogen and oxygen atoms in total. The Morgan fingerprint density at radius 1 is 0.744 bits per heavy atom. The Bertz CT molecular complexity index is 955. The van der Waals surface area contributed by atoms with Gasteiger partial charge in [-0.15, -0.1) is 0 Å². The van der Waals surface area contributed by atoms with E-state index in [2.05, 4.69) is 0 Å². The lowest BCUT2D eigenvalue weighted by molar-refractivity contribution is -0.161. The van der Waals surface area contributed by atoms with Gasteiger partial charge in [-0.3, -0.25) is 9.59 Å². The van der Waals surface area contributed by atoms with Gasteiger partial charge in [-0.2, -0.15) is 0 Å². The second-order valence-electron chi connectivity index (χ2n) is 11.3. The largest absolute Gasteiger partial charge is 0.481 e. The van der Waals surface area contributed by atoms with Crippen LogP contribution in [0.3, 0.4) is 0 Å². The average molecular weight is 609 g/mol. The highest BCUT2D eigenvalue weighted by molar-refractivity contribution is 5.73. The number of carbonyl (C=O) groups is 2. The number of esters is 1. The molecule has 244 valence electrons. The summed E-state index contributed by atoms with van der Waals surface area (Å²) in [6.45, 7) is 5.60. The molecule has 0 aromatic carbocycles. The minimum Gasteiger partial charge on any atom is -0.481 e. The normalized spacial score (nSPS) is 35.1. The Morgan fingerprint density at radius 3 is 1.79 bits per heavy atom. The van der Waals surface area contributed by atoms with Crippen LogP contribution in [0.15, 0.2) is 60.8 Å². The molecule has 0 unspecified atom stereocenters. The zero-order valence-corrected chi connectivity index (χ0v) is 25.6. The number of carboxylic acids is 1. The van der Waals surface area contributed by atoms with E-state index in [0.29, 0.717) is 19.3 Å². The van der Waals surface area contributed by atoms with Gasteiger partial charge in [0, 0.05) is 18.8 Å². The van der Waals surface area contributed by atoms with Crippen molar-refractivity contribution in [3.63, 3.8) is 0 Å². The summed E-state index contributed by atoms with van der Waals surface area (Å²) in [5.41, 5.74) is 0. The first-order valence-corrected chi connectivity index (χ1v) is 15.3. The molecule has 1 aliphatic rings. The van der Waals surface area contributed by atoms with Crippen molar-refractivity contribution in [2.75, 3.05) is 0 Å². The Kier molecular flexibility index (Phi) is 18.9. The second kappa shape index (κ2) is 21.2. The fourth-order valence-electron chi connectivity index (χ4n) is 5.08. The summed E-state index contributed by atoms with van der Waals surface area (Å²) in [6, 6.07) is 0. The molecule has 0 saturated heterocycles. The predicted octanol–water partition coefficient (Wildman–Crippen LogP) is 2.97. The fourth-order valence-corrected chi connectivity index (χ4v) is 5.08. The standard InChI is InChI=1S/C33H52O10/c1-4-26-28(38)21-25(36)19-23(34)16-14-17-24(35)20-29(39)31(32(40)41)27(37)18-13-11-9-7-6-8-10-12-15-22(3)30(5-2)43-33(26)42/h6-13,15,18,22-31,34-39H,4-5,14,16-17,19-21H2,1-3H3,(H,40,41)/t22-,23-,24+,25-,26+,27+,28-,29+,30+,31-/m0/s1. The molecular formula is C33H52O10. The summed E-state index contributed by atoms with van der Waals surface area (Å²) in [7, 11) is 0. The molecule has 0 aromatic rings. The van der Waals surface area contributed by atoms with Gasteiger partial charge in [0.15, 0.2) is 0 Å². The van der Waals surface area contributed by atoms with E-state index >= 15 is 0 Å². The summed E-state index contributed by atoms with van der Waals surface area (Å²) in [6.07, 6.45) is 10.4. The van der Waals surface area contributed by atoms with Crippen molar-refractivity contribution >= 4 is 11.9 Å². The van der Waals surface area contributed by atoms with Crippen LogP contribution in [0.1, 0.15) is 72.1 Å². The number of carboxylic acid groups (broad SMARTS) is 1. The molecule has 7 N–H and O–H groups in total. The Balaban J connectivity index is 3.08. The van der Waals surface area contributed by atoms with E-state index in [1.165, 1.54) is 12.2 Å². The lowest BCUT2D eigenvalue weighted by atomic mass is 9.90. The summed E-state index contributed by atoms with van der Waals surface area (Å²) in [5.74, 6) is -4.39. The summed E-state index contributed by atoms with van der Waals surface area (Å²) < 4.78 is 5.74. The number of cyclic esters (lactones) is 1. The average Bonchev–Trinajstić information content (AvgIpc) is 2.92. The third-order valence-electron chi connectivity index (χ3n) is 7.68. The van der Waals surface area contributed by atoms with E-state index in [1.54, 1.807) is 37.3 Å². The number of aliphatic hydroxyl groups excluding tert-OH is 6. The fraction of sp³-hybridized carbons (Fsp3) is 0.636. The van der Waals surface area contributed by atoms with Gasteiger partial charge in [-0.1, -0.05) is 81.5 Å². The van der Waals surface area contributed by atoms with Gasteiger partial charge in [0.1, 0.15) is 12.0 Å². The monoisotopic (exact) mass is 608 g/mol. The predicted molar refractivity (Wildman–Crippen MR) is 164 cm³/mol. The number of carbonyl (C=O) groups excluding carboxylic acids is 1. The first kappa shape index (κ1) is 38.4. The minimum absolute atomic E-state index is 0.0442. The van der Waals surface area contributed by atoms with Crippen LogP contribution in [0.5, 0.6) is 0 Å². The molecule has 0 radical (unpaired) electrons. The number of hydrogen-bond acceptors (Lipinski definition) is 9. The lowest BCUT2D eigenvalue weighted by Crippen LogP contribution is -2.39. The first-order chi connectivity index (χ1) is 20.4. The quantitative estimate of drug-likeness (QED) is 0.235. The third kappa shape index (κ3) is 15.1. The first-order valence-electron chi connectivity index (χ1n) is 15.3. The van der Waals surface area contributed by atoms with E-state index in [-0.39, 0.29) is 38.0 Å². The van der Waals surface area contributed by atoms with Gasteiger partial charge in [-0.05, 0) is 38.5 Å². The molecule has 10 atom stereocenters. The molecule has 0 fully saturated rings. The maximum absolute atomic E-state index is 12.9. The molecule has 10 heteroatoms. The number of ether oxygens (including phenoxy) is 1. The molecule has 0 aromatic heterocycles. The van der Waals surface area contributed by atoms with E-state index in [1.807, 2.05) is 32.1 Å². The molecule has 0 spiro atoms. The molecule has 1 heterocycles. The van der Waals surface area contributed by atoms with Crippen molar-refractivity contribution in [3.8, 4) is 0 Å². The van der Waals surface area contributed by atoms with Crippen LogP contribution in [0.2, 0.25) is 0 Å². The SMILES string of the molecule is CC[C@H]1OC(=O)[C@H](CC)[C@@H](O)C[C@@H](O)C[C@@H](O)CCC[C@@H](O)C[C@@H](O)[C@@H](C(=O)O)[C@H](O)C=CC=CC=CC=CC=C[C@@H]1C. The zero-order chi connectivity index (χ0) is 32.4. The van der Waals surface area contributed by atoms with Crippen LogP contribution in [0, 0.1) is 17.8 Å². The van der Waals surface area contributed by atoms with Crippen molar-refractivity contribution < 1.29 is 50.1 Å². The van der Waals surface area contributed by atoms with Crippen molar-refractivity contribution in [3.05, 3.63) is 60.8 Å².